The number of fused-ring (bicyclic) bond motifs is 1. The molecule has 3 rings (SSSR count). The number of carbonyl (C=O) groups excluding carboxylic acids is 1. The molecular weight excluding hydrogens is 316 g/mol. The van der Waals surface area contributed by atoms with Crippen molar-refractivity contribution in [2.45, 2.75) is 6.10 Å². The van der Waals surface area contributed by atoms with Gasteiger partial charge in [0.25, 0.3) is 11.6 Å². The number of nitro groups is 1. The zero-order chi connectivity index (χ0) is 17.3. The molecule has 0 spiro atoms. The summed E-state index contributed by atoms with van der Waals surface area (Å²) in [6, 6.07) is 5.04. The van der Waals surface area contributed by atoms with Gasteiger partial charge in [-0.3, -0.25) is 19.7 Å². The van der Waals surface area contributed by atoms with E-state index in [1.165, 1.54) is 18.2 Å². The maximum Gasteiger partial charge on any atom is 0.270 e. The second-order valence-electron chi connectivity index (χ2n) is 5.73. The van der Waals surface area contributed by atoms with Gasteiger partial charge in [-0.1, -0.05) is 0 Å². The summed E-state index contributed by atoms with van der Waals surface area (Å²) in [7, 11) is 0. The molecule has 0 bridgehead atoms. The maximum absolute atomic E-state index is 12.4. The zero-order valence-corrected chi connectivity index (χ0v) is 12.6. The minimum Gasteiger partial charge on any atom is -0.391 e. The second kappa shape index (κ2) is 6.38. The molecule has 2 atom stereocenters. The Bertz CT molecular complexity index is 863. The number of non-ortho nitro benzene ring substituents is 1. The Balaban J connectivity index is 1.91. The summed E-state index contributed by atoms with van der Waals surface area (Å²) in [4.78, 5) is 37.1. The fraction of sp³-hybridized carbons (Fsp3) is 0.333. The lowest BCUT2D eigenvalue weighted by Crippen LogP contribution is -2.34. The van der Waals surface area contributed by atoms with E-state index in [2.05, 4.69) is 15.6 Å². The van der Waals surface area contributed by atoms with Gasteiger partial charge in [0.1, 0.15) is 0 Å². The molecule has 24 heavy (non-hydrogen) atoms. The Morgan fingerprint density at radius 1 is 1.38 bits per heavy atom. The quantitative estimate of drug-likeness (QED) is 0.450. The molecule has 1 saturated heterocycles. The number of aliphatic hydroxyl groups is 1. The van der Waals surface area contributed by atoms with E-state index in [1.54, 1.807) is 0 Å². The molecule has 1 amide bonds. The van der Waals surface area contributed by atoms with Gasteiger partial charge in [0.05, 0.1) is 16.6 Å². The predicted octanol–water partition coefficient (Wildman–Crippen LogP) is -0.254. The van der Waals surface area contributed by atoms with Crippen molar-refractivity contribution >= 4 is 22.5 Å². The molecule has 1 fully saturated rings. The highest BCUT2D eigenvalue weighted by Crippen LogP contribution is 2.21. The van der Waals surface area contributed by atoms with Crippen LogP contribution in [0.3, 0.4) is 0 Å². The number of aromatic amines is 1. The Hall–Kier alpha value is -2.78. The molecule has 2 aromatic rings. The molecule has 1 aromatic carbocycles. The minimum absolute atomic E-state index is 0.0675. The summed E-state index contributed by atoms with van der Waals surface area (Å²) in [6.45, 7) is 1.31. The van der Waals surface area contributed by atoms with Crippen LogP contribution in [0.5, 0.6) is 0 Å². The second-order valence-corrected chi connectivity index (χ2v) is 5.73. The van der Waals surface area contributed by atoms with Crippen molar-refractivity contribution in [3.05, 3.63) is 50.3 Å². The molecule has 0 aliphatic carbocycles. The van der Waals surface area contributed by atoms with Crippen LogP contribution in [0.15, 0.2) is 29.1 Å². The van der Waals surface area contributed by atoms with Crippen LogP contribution in [0.1, 0.15) is 10.4 Å². The molecule has 1 aromatic heterocycles. The largest absolute Gasteiger partial charge is 0.391 e. The van der Waals surface area contributed by atoms with Crippen molar-refractivity contribution in [2.24, 2.45) is 5.92 Å². The maximum atomic E-state index is 12.4. The average Bonchev–Trinajstić information content (AvgIpc) is 2.96. The van der Waals surface area contributed by atoms with Crippen molar-refractivity contribution < 1.29 is 14.8 Å². The number of hydrogen-bond acceptors (Lipinski definition) is 6. The van der Waals surface area contributed by atoms with Gasteiger partial charge in [-0.25, -0.2) is 0 Å². The van der Waals surface area contributed by atoms with E-state index in [1.807, 2.05) is 0 Å². The third-order valence-corrected chi connectivity index (χ3v) is 4.11. The summed E-state index contributed by atoms with van der Waals surface area (Å²) in [5.74, 6) is -0.623. The van der Waals surface area contributed by atoms with Crippen molar-refractivity contribution in [3.63, 3.8) is 0 Å². The van der Waals surface area contributed by atoms with Crippen molar-refractivity contribution in [3.8, 4) is 0 Å². The first-order valence-electron chi connectivity index (χ1n) is 7.44. The third kappa shape index (κ3) is 3.12. The molecule has 126 valence electrons. The van der Waals surface area contributed by atoms with E-state index in [0.29, 0.717) is 24.0 Å². The number of hydrogen-bond donors (Lipinski definition) is 4. The third-order valence-electron chi connectivity index (χ3n) is 4.11. The van der Waals surface area contributed by atoms with Crippen molar-refractivity contribution in [1.82, 2.24) is 15.6 Å². The summed E-state index contributed by atoms with van der Waals surface area (Å²) in [6.07, 6.45) is -0.540. The highest BCUT2D eigenvalue weighted by Gasteiger charge is 2.25. The zero-order valence-electron chi connectivity index (χ0n) is 12.6. The number of nitrogens with one attached hydrogen (secondary N) is 3. The highest BCUT2D eigenvalue weighted by atomic mass is 16.6. The van der Waals surface area contributed by atoms with Gasteiger partial charge < -0.3 is 20.7 Å². The molecular formula is C15H16N4O5. The van der Waals surface area contributed by atoms with Crippen LogP contribution in [-0.2, 0) is 0 Å². The fourth-order valence-corrected chi connectivity index (χ4v) is 2.79. The van der Waals surface area contributed by atoms with Gasteiger partial charge in [-0.15, -0.1) is 0 Å². The molecule has 9 nitrogen and oxygen atoms in total. The van der Waals surface area contributed by atoms with Gasteiger partial charge in [-0.2, -0.15) is 0 Å². The van der Waals surface area contributed by atoms with Gasteiger partial charge in [0.2, 0.25) is 5.56 Å². The lowest BCUT2D eigenvalue weighted by molar-refractivity contribution is -0.384. The minimum atomic E-state index is -0.563. The molecule has 1 aliphatic heterocycles. The highest BCUT2D eigenvalue weighted by molar-refractivity contribution is 6.06. The number of nitro benzene ring substituents is 1. The van der Waals surface area contributed by atoms with Crippen LogP contribution >= 0.6 is 0 Å². The Kier molecular flexibility index (Phi) is 4.28. The van der Waals surface area contributed by atoms with Crippen molar-refractivity contribution in [2.75, 3.05) is 19.6 Å². The van der Waals surface area contributed by atoms with E-state index in [0.717, 1.165) is 6.07 Å². The number of β-amino-alcohol motifs (C(OH)–C–C–N with tert-alkyl or cyclic N) is 1. The number of amides is 1. The molecule has 2 heterocycles. The van der Waals surface area contributed by atoms with Gasteiger partial charge in [0, 0.05) is 54.7 Å². The Morgan fingerprint density at radius 3 is 2.83 bits per heavy atom. The molecule has 2 unspecified atom stereocenters. The first-order valence-corrected chi connectivity index (χ1v) is 7.44. The van der Waals surface area contributed by atoms with E-state index < -0.39 is 22.5 Å². The summed E-state index contributed by atoms with van der Waals surface area (Å²) in [5.41, 5.74) is -0.221. The number of H-pyrrole nitrogens is 1. The number of carbonyl (C=O) groups is 1. The number of pyridine rings is 1. The SMILES string of the molecule is O=C(NCC1CNCC1O)c1cc(=O)[nH]c2ccc([N+](=O)[O-])cc12. The van der Waals surface area contributed by atoms with Gasteiger partial charge in [0.15, 0.2) is 0 Å². The Morgan fingerprint density at radius 2 is 2.17 bits per heavy atom. The van der Waals surface area contributed by atoms with E-state index in [9.17, 15) is 24.8 Å². The number of aromatic nitrogens is 1. The molecule has 4 N–H and O–H groups in total. The molecule has 1 aliphatic rings. The van der Waals surface area contributed by atoms with E-state index >= 15 is 0 Å². The van der Waals surface area contributed by atoms with Gasteiger partial charge in [-0.05, 0) is 6.07 Å². The number of nitrogens with zero attached hydrogens (tertiary/aromatic N) is 1. The number of benzene rings is 1. The lowest BCUT2D eigenvalue weighted by atomic mass is 10.1. The van der Waals surface area contributed by atoms with Crippen molar-refractivity contribution in [1.29, 1.82) is 0 Å². The fourth-order valence-electron chi connectivity index (χ4n) is 2.79. The van der Waals surface area contributed by atoms with E-state index in [-0.39, 0.29) is 23.7 Å². The molecule has 0 radical (unpaired) electrons. The van der Waals surface area contributed by atoms with Crippen LogP contribution in [-0.4, -0.2) is 46.7 Å². The Labute approximate surface area is 135 Å². The summed E-state index contributed by atoms with van der Waals surface area (Å²) in [5, 5.41) is 26.7. The standard InChI is InChI=1S/C15H16N4O5/c20-13-7-16-5-8(13)6-17-15(22)11-4-14(21)18-12-2-1-9(19(23)24)3-10(11)12/h1-4,8,13,16,20H,5-7H2,(H,17,22)(H,18,21). The number of aliphatic hydroxyl groups excluding tert-OH is 1. The van der Waals surface area contributed by atoms with Crippen LogP contribution in [0.2, 0.25) is 0 Å². The van der Waals surface area contributed by atoms with Crippen LogP contribution in [0.4, 0.5) is 5.69 Å². The molecule has 9 heteroatoms. The topological polar surface area (TPSA) is 137 Å². The first kappa shape index (κ1) is 16.1. The first-order chi connectivity index (χ1) is 11.5. The monoisotopic (exact) mass is 332 g/mol. The van der Waals surface area contributed by atoms with E-state index in [4.69, 9.17) is 0 Å². The van der Waals surface area contributed by atoms with Crippen LogP contribution in [0.25, 0.3) is 10.9 Å². The number of rotatable bonds is 4. The van der Waals surface area contributed by atoms with Crippen LogP contribution in [0, 0.1) is 16.0 Å². The summed E-state index contributed by atoms with van der Waals surface area (Å²) < 4.78 is 0. The van der Waals surface area contributed by atoms with Gasteiger partial charge >= 0.3 is 0 Å². The smallest absolute Gasteiger partial charge is 0.270 e. The summed E-state index contributed by atoms with van der Waals surface area (Å²) >= 11 is 0. The average molecular weight is 332 g/mol. The lowest BCUT2D eigenvalue weighted by Gasteiger charge is -2.14. The normalized spacial score (nSPS) is 20.2. The van der Waals surface area contributed by atoms with Crippen LogP contribution < -0.4 is 16.2 Å². The molecule has 0 saturated carbocycles. The predicted molar refractivity (Wildman–Crippen MR) is 85.9 cm³/mol.